The minimum Gasteiger partial charge on any atom is -0.457 e. The lowest BCUT2D eigenvalue weighted by atomic mass is 10.0. The molecule has 0 aromatic heterocycles. The monoisotopic (exact) mass is 403 g/mol. The molecule has 1 atom stereocenters. The molecule has 30 heavy (non-hydrogen) atoms. The van der Waals surface area contributed by atoms with Crippen molar-refractivity contribution in [3.63, 3.8) is 0 Å². The molecule has 0 spiro atoms. The highest BCUT2D eigenvalue weighted by molar-refractivity contribution is 5.78. The van der Waals surface area contributed by atoms with Crippen LogP contribution >= 0.6 is 0 Å². The fourth-order valence-corrected chi connectivity index (χ4v) is 3.09. The van der Waals surface area contributed by atoms with Gasteiger partial charge in [0, 0.05) is 6.54 Å². The molecule has 0 saturated carbocycles. The van der Waals surface area contributed by atoms with Crippen molar-refractivity contribution >= 4 is 11.9 Å². The summed E-state index contributed by atoms with van der Waals surface area (Å²) < 4.78 is 5.85. The number of nitrogens with two attached hydrogens (primary N) is 1. The average molecular weight is 403 g/mol. The summed E-state index contributed by atoms with van der Waals surface area (Å²) in [5, 5.41) is 5.55. The van der Waals surface area contributed by atoms with E-state index in [2.05, 4.69) is 10.6 Å². The third-order valence-electron chi connectivity index (χ3n) is 4.52. The molecule has 0 fully saturated rings. The Hall–Kier alpha value is -3.80. The molecule has 0 heterocycles. The van der Waals surface area contributed by atoms with Crippen molar-refractivity contribution in [1.29, 1.82) is 0 Å². The first-order chi connectivity index (χ1) is 14.6. The number of hydrogen-bond donors (Lipinski definition) is 3. The number of carbonyl (C=O) groups excluding carboxylic acids is 2. The van der Waals surface area contributed by atoms with Crippen molar-refractivity contribution in [2.75, 3.05) is 6.54 Å². The van der Waals surface area contributed by atoms with Crippen LogP contribution in [0.5, 0.6) is 11.5 Å². The van der Waals surface area contributed by atoms with Gasteiger partial charge in [0.05, 0.1) is 12.5 Å². The largest absolute Gasteiger partial charge is 0.457 e. The SMILES string of the molecule is NC(=O)NC(CC(=O)NCCc1ccccc1)c1cccc(Oc2ccccc2)c1. The highest BCUT2D eigenvalue weighted by Gasteiger charge is 2.18. The van der Waals surface area contributed by atoms with Gasteiger partial charge in [-0.15, -0.1) is 0 Å². The summed E-state index contributed by atoms with van der Waals surface area (Å²) in [5.41, 5.74) is 7.22. The molecular formula is C24H25N3O3. The molecule has 154 valence electrons. The van der Waals surface area contributed by atoms with Gasteiger partial charge in [0.15, 0.2) is 0 Å². The van der Waals surface area contributed by atoms with Gasteiger partial charge in [0.25, 0.3) is 0 Å². The zero-order valence-corrected chi connectivity index (χ0v) is 16.6. The van der Waals surface area contributed by atoms with Gasteiger partial charge < -0.3 is 21.1 Å². The standard InChI is InChI=1S/C24H25N3O3/c25-24(29)27-22(17-23(28)26-15-14-18-8-3-1-4-9-18)19-10-7-13-21(16-19)30-20-11-5-2-6-12-20/h1-13,16,22H,14-15,17H2,(H,26,28)(H3,25,27,29). The van der Waals surface area contributed by atoms with Crippen LogP contribution in [0.15, 0.2) is 84.9 Å². The lowest BCUT2D eigenvalue weighted by Crippen LogP contribution is -2.37. The summed E-state index contributed by atoms with van der Waals surface area (Å²) in [5.74, 6) is 1.14. The van der Waals surface area contributed by atoms with Gasteiger partial charge in [-0.3, -0.25) is 4.79 Å². The third kappa shape index (κ3) is 6.67. The maximum Gasteiger partial charge on any atom is 0.312 e. The first-order valence-electron chi connectivity index (χ1n) is 9.79. The molecule has 6 nitrogen and oxygen atoms in total. The summed E-state index contributed by atoms with van der Waals surface area (Å²) >= 11 is 0. The van der Waals surface area contributed by atoms with Crippen molar-refractivity contribution in [3.8, 4) is 11.5 Å². The lowest BCUT2D eigenvalue weighted by molar-refractivity contribution is -0.121. The predicted octanol–water partition coefficient (Wildman–Crippen LogP) is 3.94. The summed E-state index contributed by atoms with van der Waals surface area (Å²) in [7, 11) is 0. The number of carbonyl (C=O) groups is 2. The average Bonchev–Trinajstić information content (AvgIpc) is 2.75. The first kappa shape index (κ1) is 20.9. The van der Waals surface area contributed by atoms with Crippen LogP contribution in [0.3, 0.4) is 0 Å². The Balaban J connectivity index is 1.62. The maximum absolute atomic E-state index is 12.4. The van der Waals surface area contributed by atoms with Gasteiger partial charge in [-0.25, -0.2) is 4.79 Å². The Kier molecular flexibility index (Phi) is 7.44. The second-order valence-corrected chi connectivity index (χ2v) is 6.84. The van der Waals surface area contributed by atoms with Crippen LogP contribution in [-0.4, -0.2) is 18.5 Å². The number of rotatable bonds is 9. The molecule has 4 N–H and O–H groups in total. The molecule has 0 aliphatic rings. The van der Waals surface area contributed by atoms with E-state index in [1.807, 2.05) is 78.9 Å². The number of benzene rings is 3. The van der Waals surface area contributed by atoms with E-state index in [0.29, 0.717) is 18.0 Å². The number of hydrogen-bond acceptors (Lipinski definition) is 3. The molecule has 3 amide bonds. The van der Waals surface area contributed by atoms with Crippen LogP contribution in [0.25, 0.3) is 0 Å². The minimum absolute atomic E-state index is 0.0759. The summed E-state index contributed by atoms with van der Waals surface area (Å²) in [6.07, 6.45) is 0.813. The van der Waals surface area contributed by atoms with Crippen LogP contribution in [-0.2, 0) is 11.2 Å². The summed E-state index contributed by atoms with van der Waals surface area (Å²) in [6.45, 7) is 0.517. The molecule has 3 aromatic carbocycles. The molecular weight excluding hydrogens is 378 g/mol. The van der Waals surface area contributed by atoms with E-state index in [1.54, 1.807) is 6.07 Å². The van der Waals surface area contributed by atoms with E-state index in [4.69, 9.17) is 10.5 Å². The Morgan fingerprint density at radius 1 is 0.867 bits per heavy atom. The summed E-state index contributed by atoms with van der Waals surface area (Å²) in [4.78, 5) is 23.9. The minimum atomic E-state index is -0.688. The van der Waals surface area contributed by atoms with Crippen LogP contribution in [0, 0.1) is 0 Å². The topological polar surface area (TPSA) is 93.5 Å². The maximum atomic E-state index is 12.4. The number of primary amides is 1. The van der Waals surface area contributed by atoms with Gasteiger partial charge in [0.1, 0.15) is 11.5 Å². The fraction of sp³-hybridized carbons (Fsp3) is 0.167. The molecule has 6 heteroatoms. The van der Waals surface area contributed by atoms with Gasteiger partial charge in [0.2, 0.25) is 5.91 Å². The zero-order chi connectivity index (χ0) is 21.2. The Labute approximate surface area is 176 Å². The number of nitrogens with one attached hydrogen (secondary N) is 2. The molecule has 0 radical (unpaired) electrons. The molecule has 1 unspecified atom stereocenters. The Morgan fingerprint density at radius 3 is 2.23 bits per heavy atom. The second kappa shape index (κ2) is 10.7. The molecule has 3 rings (SSSR count). The molecule has 0 aliphatic heterocycles. The number of amides is 3. The van der Waals surface area contributed by atoms with Crippen LogP contribution < -0.4 is 21.1 Å². The van der Waals surface area contributed by atoms with Crippen molar-refractivity contribution in [2.24, 2.45) is 5.73 Å². The quantitative estimate of drug-likeness (QED) is 0.505. The van der Waals surface area contributed by atoms with E-state index in [9.17, 15) is 9.59 Å². The first-order valence-corrected chi connectivity index (χ1v) is 9.79. The lowest BCUT2D eigenvalue weighted by Gasteiger charge is -2.19. The zero-order valence-electron chi connectivity index (χ0n) is 16.6. The molecule has 3 aromatic rings. The Bertz CT molecular complexity index is 962. The molecule has 0 aliphatic carbocycles. The number of urea groups is 1. The van der Waals surface area contributed by atoms with E-state index in [-0.39, 0.29) is 12.3 Å². The normalized spacial score (nSPS) is 11.3. The fourth-order valence-electron chi connectivity index (χ4n) is 3.09. The van der Waals surface area contributed by atoms with Crippen molar-refractivity contribution in [2.45, 2.75) is 18.9 Å². The number of ether oxygens (including phenoxy) is 1. The third-order valence-corrected chi connectivity index (χ3v) is 4.52. The van der Waals surface area contributed by atoms with E-state index in [1.165, 1.54) is 0 Å². The van der Waals surface area contributed by atoms with Crippen molar-refractivity contribution < 1.29 is 14.3 Å². The van der Waals surface area contributed by atoms with Crippen LogP contribution in [0.4, 0.5) is 4.79 Å². The van der Waals surface area contributed by atoms with Gasteiger partial charge in [-0.1, -0.05) is 60.7 Å². The van der Waals surface area contributed by atoms with E-state index < -0.39 is 12.1 Å². The van der Waals surface area contributed by atoms with Crippen LogP contribution in [0.1, 0.15) is 23.6 Å². The van der Waals surface area contributed by atoms with Crippen molar-refractivity contribution in [1.82, 2.24) is 10.6 Å². The highest BCUT2D eigenvalue weighted by atomic mass is 16.5. The van der Waals surface area contributed by atoms with Crippen molar-refractivity contribution in [3.05, 3.63) is 96.1 Å². The van der Waals surface area contributed by atoms with Gasteiger partial charge >= 0.3 is 6.03 Å². The number of para-hydroxylation sites is 1. The van der Waals surface area contributed by atoms with Gasteiger partial charge in [-0.05, 0) is 41.8 Å². The summed E-state index contributed by atoms with van der Waals surface area (Å²) in [6, 6.07) is 25.3. The molecule has 0 bridgehead atoms. The van der Waals surface area contributed by atoms with Gasteiger partial charge in [-0.2, -0.15) is 0 Å². The predicted molar refractivity (Wildman–Crippen MR) is 116 cm³/mol. The van der Waals surface area contributed by atoms with E-state index >= 15 is 0 Å². The molecule has 0 saturated heterocycles. The van der Waals surface area contributed by atoms with Crippen LogP contribution in [0.2, 0.25) is 0 Å². The smallest absolute Gasteiger partial charge is 0.312 e. The Morgan fingerprint density at radius 2 is 1.53 bits per heavy atom. The second-order valence-electron chi connectivity index (χ2n) is 6.84. The van der Waals surface area contributed by atoms with E-state index in [0.717, 1.165) is 17.5 Å². The highest BCUT2D eigenvalue weighted by Crippen LogP contribution is 2.25.